The highest BCUT2D eigenvalue weighted by atomic mass is 16.5. The van der Waals surface area contributed by atoms with Crippen LogP contribution in [0.3, 0.4) is 0 Å². The number of hydrogen-bond donors (Lipinski definition) is 0. The fraction of sp³-hybridized carbons (Fsp3) is 0.444. The van der Waals surface area contributed by atoms with Gasteiger partial charge in [-0.05, 0) is 82.5 Å². The van der Waals surface area contributed by atoms with E-state index in [1.807, 2.05) is 24.3 Å². The molecule has 154 valence electrons. The highest BCUT2D eigenvalue weighted by molar-refractivity contribution is 5.90. The molecular formula is C27H34O2. The Labute approximate surface area is 176 Å². The normalized spacial score (nSPS) is 17.6. The number of fused-ring (bicyclic) bond motifs is 1. The smallest absolute Gasteiger partial charge is 0.337 e. The fourth-order valence-electron chi connectivity index (χ4n) is 4.48. The van der Waals surface area contributed by atoms with Gasteiger partial charge in [0, 0.05) is 0 Å². The lowest BCUT2D eigenvalue weighted by Crippen LogP contribution is -2.34. The number of hydrogen-bond acceptors (Lipinski definition) is 2. The molecule has 0 N–H and O–H groups in total. The van der Waals surface area contributed by atoms with E-state index < -0.39 is 0 Å². The molecule has 29 heavy (non-hydrogen) atoms. The van der Waals surface area contributed by atoms with E-state index in [4.69, 9.17) is 4.74 Å². The van der Waals surface area contributed by atoms with Gasteiger partial charge in [-0.1, -0.05) is 65.0 Å². The van der Waals surface area contributed by atoms with Crippen molar-refractivity contribution < 1.29 is 9.53 Å². The van der Waals surface area contributed by atoms with E-state index in [0.29, 0.717) is 5.56 Å². The van der Waals surface area contributed by atoms with E-state index in [2.05, 4.69) is 59.8 Å². The largest absolute Gasteiger partial charge is 0.465 e. The zero-order chi connectivity index (χ0) is 21.4. The molecule has 1 aliphatic carbocycles. The third kappa shape index (κ3) is 4.17. The van der Waals surface area contributed by atoms with Crippen LogP contribution in [0.4, 0.5) is 0 Å². The van der Waals surface area contributed by atoms with Gasteiger partial charge in [-0.3, -0.25) is 0 Å². The van der Waals surface area contributed by atoms with Crippen LogP contribution in [0.5, 0.6) is 0 Å². The van der Waals surface area contributed by atoms with Crippen LogP contribution in [0, 0.1) is 0 Å². The second kappa shape index (κ2) is 7.82. The highest BCUT2D eigenvalue weighted by Gasteiger charge is 2.37. The summed E-state index contributed by atoms with van der Waals surface area (Å²) < 4.78 is 4.79. The van der Waals surface area contributed by atoms with E-state index in [9.17, 15) is 4.79 Å². The zero-order valence-corrected chi connectivity index (χ0v) is 19.0. The molecule has 2 heteroatoms. The van der Waals surface area contributed by atoms with Crippen molar-refractivity contribution in [1.29, 1.82) is 0 Å². The quantitative estimate of drug-likeness (QED) is 0.417. The van der Waals surface area contributed by atoms with Crippen LogP contribution in [0.15, 0.2) is 36.4 Å². The molecule has 0 fully saturated rings. The lowest BCUT2D eigenvalue weighted by atomic mass is 9.62. The molecule has 0 heterocycles. The number of carbonyl (C=O) groups excluding carboxylic acids is 1. The molecule has 0 atom stereocenters. The maximum Gasteiger partial charge on any atom is 0.337 e. The van der Waals surface area contributed by atoms with Gasteiger partial charge in [-0.15, -0.1) is 0 Å². The summed E-state index contributed by atoms with van der Waals surface area (Å²) in [5, 5.41) is 0. The Bertz CT molecular complexity index is 943. The van der Waals surface area contributed by atoms with Gasteiger partial charge >= 0.3 is 5.97 Å². The average Bonchev–Trinajstić information content (AvgIpc) is 2.70. The fourth-order valence-corrected chi connectivity index (χ4v) is 4.48. The standard InChI is InChI=1S/C27H34O2/c1-8-20-16-23-24(27(5,6)14-13-26(23,3)4)17-22(20)18(2)15-19-9-11-21(12-10-19)25(28)29-7/h9-12,15-17H,8,13-14H2,1-7H3/b18-15+. The first-order chi connectivity index (χ1) is 13.6. The molecule has 2 aromatic carbocycles. The molecule has 0 spiro atoms. The van der Waals surface area contributed by atoms with Crippen molar-refractivity contribution >= 4 is 17.6 Å². The molecule has 0 aliphatic heterocycles. The molecule has 0 amide bonds. The number of allylic oxidation sites excluding steroid dienone is 1. The summed E-state index contributed by atoms with van der Waals surface area (Å²) in [6.07, 6.45) is 5.68. The maximum atomic E-state index is 11.7. The second-order valence-corrected chi connectivity index (χ2v) is 9.62. The van der Waals surface area contributed by atoms with Gasteiger partial charge < -0.3 is 4.74 Å². The SMILES string of the molecule is CCc1cc2c(cc1/C(C)=C/c1ccc(C(=O)OC)cc1)C(C)(C)CCC2(C)C. The lowest BCUT2D eigenvalue weighted by Gasteiger charge is -2.42. The van der Waals surface area contributed by atoms with Gasteiger partial charge in [0.15, 0.2) is 0 Å². The van der Waals surface area contributed by atoms with Crippen molar-refractivity contribution in [3.63, 3.8) is 0 Å². The van der Waals surface area contributed by atoms with E-state index in [1.165, 1.54) is 47.8 Å². The lowest BCUT2D eigenvalue weighted by molar-refractivity contribution is 0.0600. The van der Waals surface area contributed by atoms with Gasteiger partial charge in [-0.25, -0.2) is 4.79 Å². The van der Waals surface area contributed by atoms with Crippen molar-refractivity contribution in [3.05, 3.63) is 69.8 Å². The van der Waals surface area contributed by atoms with Crippen LogP contribution in [-0.4, -0.2) is 13.1 Å². The first-order valence-electron chi connectivity index (χ1n) is 10.6. The van der Waals surface area contributed by atoms with Gasteiger partial charge in [0.05, 0.1) is 12.7 Å². The van der Waals surface area contributed by atoms with Gasteiger partial charge in [0.1, 0.15) is 0 Å². The third-order valence-corrected chi connectivity index (χ3v) is 6.60. The molecule has 0 bridgehead atoms. The average molecular weight is 391 g/mol. The number of methoxy groups -OCH3 is 1. The minimum atomic E-state index is -0.301. The summed E-state index contributed by atoms with van der Waals surface area (Å²) in [5.41, 5.74) is 9.13. The number of ether oxygens (including phenoxy) is 1. The number of esters is 1. The van der Waals surface area contributed by atoms with E-state index in [-0.39, 0.29) is 16.8 Å². The van der Waals surface area contributed by atoms with Crippen molar-refractivity contribution in [3.8, 4) is 0 Å². The first kappa shape index (κ1) is 21.4. The van der Waals surface area contributed by atoms with E-state index >= 15 is 0 Å². The summed E-state index contributed by atoms with van der Waals surface area (Å²) in [4.78, 5) is 11.7. The molecule has 2 nitrogen and oxygen atoms in total. The summed E-state index contributed by atoms with van der Waals surface area (Å²) in [7, 11) is 1.41. The number of rotatable bonds is 4. The number of carbonyl (C=O) groups is 1. The van der Waals surface area contributed by atoms with Crippen LogP contribution < -0.4 is 0 Å². The maximum absolute atomic E-state index is 11.7. The van der Waals surface area contributed by atoms with Crippen molar-refractivity contribution in [1.82, 2.24) is 0 Å². The Morgan fingerprint density at radius 1 is 1.00 bits per heavy atom. The molecule has 0 unspecified atom stereocenters. The molecule has 0 saturated carbocycles. The third-order valence-electron chi connectivity index (χ3n) is 6.60. The van der Waals surface area contributed by atoms with Crippen LogP contribution in [-0.2, 0) is 22.0 Å². The first-order valence-corrected chi connectivity index (χ1v) is 10.6. The predicted molar refractivity (Wildman–Crippen MR) is 122 cm³/mol. The Morgan fingerprint density at radius 3 is 2.07 bits per heavy atom. The molecule has 0 saturated heterocycles. The van der Waals surface area contributed by atoms with Crippen LogP contribution in [0.1, 0.15) is 92.6 Å². The Balaban J connectivity index is 2.06. The zero-order valence-electron chi connectivity index (χ0n) is 19.0. The molecule has 0 aromatic heterocycles. The second-order valence-electron chi connectivity index (χ2n) is 9.62. The van der Waals surface area contributed by atoms with Gasteiger partial charge in [-0.2, -0.15) is 0 Å². The molecule has 3 rings (SSSR count). The van der Waals surface area contributed by atoms with Crippen molar-refractivity contribution in [2.24, 2.45) is 0 Å². The van der Waals surface area contributed by atoms with Crippen LogP contribution in [0.2, 0.25) is 0 Å². The topological polar surface area (TPSA) is 26.3 Å². The summed E-state index contributed by atoms with van der Waals surface area (Å²) in [5.74, 6) is -0.301. The minimum Gasteiger partial charge on any atom is -0.465 e. The highest BCUT2D eigenvalue weighted by Crippen LogP contribution is 2.47. The molecule has 0 radical (unpaired) electrons. The van der Waals surface area contributed by atoms with E-state index in [0.717, 1.165) is 12.0 Å². The Kier molecular flexibility index (Phi) is 5.76. The summed E-state index contributed by atoms with van der Waals surface area (Å²) in [6.45, 7) is 13.9. The van der Waals surface area contributed by atoms with Crippen LogP contribution in [0.25, 0.3) is 11.6 Å². The molecular weight excluding hydrogens is 356 g/mol. The molecule has 1 aliphatic rings. The van der Waals surface area contributed by atoms with Crippen molar-refractivity contribution in [2.45, 2.75) is 71.6 Å². The van der Waals surface area contributed by atoms with Crippen LogP contribution >= 0.6 is 0 Å². The van der Waals surface area contributed by atoms with E-state index in [1.54, 1.807) is 0 Å². The minimum absolute atomic E-state index is 0.203. The van der Waals surface area contributed by atoms with Crippen molar-refractivity contribution in [2.75, 3.05) is 7.11 Å². The number of aryl methyl sites for hydroxylation is 1. The predicted octanol–water partition coefficient (Wildman–Crippen LogP) is 6.95. The summed E-state index contributed by atoms with van der Waals surface area (Å²) in [6, 6.07) is 12.5. The number of benzene rings is 2. The summed E-state index contributed by atoms with van der Waals surface area (Å²) >= 11 is 0. The monoisotopic (exact) mass is 390 g/mol. The molecule has 2 aromatic rings. The van der Waals surface area contributed by atoms with Gasteiger partial charge in [0.25, 0.3) is 0 Å². The Hall–Kier alpha value is -2.35. The van der Waals surface area contributed by atoms with Gasteiger partial charge in [0.2, 0.25) is 0 Å². The Morgan fingerprint density at radius 2 is 1.55 bits per heavy atom.